The Morgan fingerprint density at radius 1 is 1.37 bits per heavy atom. The third-order valence-electron chi connectivity index (χ3n) is 2.95. The molecule has 0 spiro atoms. The normalized spacial score (nSPS) is 10.5. The van der Waals surface area contributed by atoms with Crippen LogP contribution >= 0.6 is 0 Å². The molecule has 1 N–H and O–H groups in total. The lowest BCUT2D eigenvalue weighted by Gasteiger charge is -2.06. The van der Waals surface area contributed by atoms with Crippen molar-refractivity contribution in [2.45, 2.75) is 27.3 Å². The zero-order chi connectivity index (χ0) is 14.0. The number of carbonyl (C=O) groups is 1. The SMILES string of the molecule is Cc1ccc(CNC(=O)c2c(C)noc2C)cc1F. The van der Waals surface area contributed by atoms with Crippen molar-refractivity contribution < 1.29 is 13.7 Å². The van der Waals surface area contributed by atoms with E-state index in [2.05, 4.69) is 10.5 Å². The highest BCUT2D eigenvalue weighted by atomic mass is 19.1. The Morgan fingerprint density at radius 3 is 2.68 bits per heavy atom. The Bertz CT molecular complexity index is 600. The summed E-state index contributed by atoms with van der Waals surface area (Å²) in [5.74, 6) is -0.0635. The van der Waals surface area contributed by atoms with Crippen molar-refractivity contribution in [1.82, 2.24) is 10.5 Å². The number of rotatable bonds is 3. The summed E-state index contributed by atoms with van der Waals surface area (Å²) in [7, 11) is 0. The maximum atomic E-state index is 13.4. The van der Waals surface area contributed by atoms with Gasteiger partial charge in [-0.1, -0.05) is 17.3 Å². The van der Waals surface area contributed by atoms with Crippen LogP contribution < -0.4 is 5.32 Å². The fraction of sp³-hybridized carbons (Fsp3) is 0.286. The summed E-state index contributed by atoms with van der Waals surface area (Å²) in [6, 6.07) is 4.89. The minimum Gasteiger partial charge on any atom is -0.361 e. The molecule has 1 amide bonds. The fourth-order valence-corrected chi connectivity index (χ4v) is 1.82. The first-order chi connectivity index (χ1) is 8.99. The van der Waals surface area contributed by atoms with E-state index in [1.807, 2.05) is 0 Å². The largest absolute Gasteiger partial charge is 0.361 e. The molecule has 1 aromatic carbocycles. The highest BCUT2D eigenvalue weighted by Gasteiger charge is 2.16. The predicted octanol–water partition coefficient (Wildman–Crippen LogP) is 2.67. The number of nitrogens with one attached hydrogen (secondary N) is 1. The molecule has 0 atom stereocenters. The predicted molar refractivity (Wildman–Crippen MR) is 68.3 cm³/mol. The van der Waals surface area contributed by atoms with Crippen molar-refractivity contribution in [3.05, 3.63) is 52.2 Å². The standard InChI is InChI=1S/C14H15FN2O2/c1-8-4-5-11(6-12(8)15)7-16-14(18)13-9(2)17-19-10(13)3/h4-6H,7H2,1-3H3,(H,16,18). The maximum Gasteiger partial charge on any atom is 0.257 e. The molecule has 0 radical (unpaired) electrons. The molecule has 0 aliphatic heterocycles. The van der Waals surface area contributed by atoms with Gasteiger partial charge >= 0.3 is 0 Å². The molecular formula is C14H15FN2O2. The zero-order valence-corrected chi connectivity index (χ0v) is 11.1. The van der Waals surface area contributed by atoms with E-state index in [9.17, 15) is 9.18 Å². The summed E-state index contributed by atoms with van der Waals surface area (Å²) < 4.78 is 18.3. The molecule has 4 nitrogen and oxygen atoms in total. The van der Waals surface area contributed by atoms with Crippen LogP contribution in [0.4, 0.5) is 4.39 Å². The third kappa shape index (κ3) is 2.81. The van der Waals surface area contributed by atoms with Gasteiger partial charge in [0.2, 0.25) is 0 Å². The molecule has 0 aliphatic rings. The topological polar surface area (TPSA) is 55.1 Å². The number of hydrogen-bond donors (Lipinski definition) is 1. The number of aromatic nitrogens is 1. The fourth-order valence-electron chi connectivity index (χ4n) is 1.82. The summed E-state index contributed by atoms with van der Waals surface area (Å²) >= 11 is 0. The highest BCUT2D eigenvalue weighted by molar-refractivity contribution is 5.95. The van der Waals surface area contributed by atoms with E-state index in [0.717, 1.165) is 0 Å². The molecule has 0 bridgehead atoms. The summed E-state index contributed by atoms with van der Waals surface area (Å²) in [5, 5.41) is 6.45. The summed E-state index contributed by atoms with van der Waals surface area (Å²) in [5.41, 5.74) is 2.28. The number of carbonyl (C=O) groups excluding carboxylic acids is 1. The molecule has 0 aliphatic carbocycles. The van der Waals surface area contributed by atoms with Gasteiger partial charge in [-0.25, -0.2) is 4.39 Å². The van der Waals surface area contributed by atoms with Crippen molar-refractivity contribution >= 4 is 5.91 Å². The van der Waals surface area contributed by atoms with Gasteiger partial charge in [0, 0.05) is 6.54 Å². The quantitative estimate of drug-likeness (QED) is 0.925. The van der Waals surface area contributed by atoms with Crippen molar-refractivity contribution in [3.63, 3.8) is 0 Å². The van der Waals surface area contributed by atoms with Gasteiger partial charge in [-0.2, -0.15) is 0 Å². The number of amides is 1. The Balaban J connectivity index is 2.06. The summed E-state index contributed by atoms with van der Waals surface area (Å²) in [6.07, 6.45) is 0. The second-order valence-corrected chi connectivity index (χ2v) is 4.47. The monoisotopic (exact) mass is 262 g/mol. The Labute approximate surface area is 110 Å². The lowest BCUT2D eigenvalue weighted by Crippen LogP contribution is -2.23. The number of halogens is 1. The Hall–Kier alpha value is -2.17. The van der Waals surface area contributed by atoms with Gasteiger partial charge in [-0.05, 0) is 38.0 Å². The lowest BCUT2D eigenvalue weighted by atomic mass is 10.1. The highest BCUT2D eigenvalue weighted by Crippen LogP contribution is 2.13. The maximum absolute atomic E-state index is 13.4. The molecule has 1 aromatic heterocycles. The molecule has 0 saturated heterocycles. The molecule has 0 fully saturated rings. The molecule has 2 aromatic rings. The van der Waals surface area contributed by atoms with Gasteiger partial charge in [0.1, 0.15) is 17.1 Å². The van der Waals surface area contributed by atoms with Crippen LogP contribution in [0.25, 0.3) is 0 Å². The lowest BCUT2D eigenvalue weighted by molar-refractivity contribution is 0.0949. The average Bonchev–Trinajstić information content (AvgIpc) is 2.70. The van der Waals surface area contributed by atoms with Crippen LogP contribution in [0.1, 0.15) is 32.9 Å². The second kappa shape index (κ2) is 5.22. The molecule has 100 valence electrons. The first-order valence-corrected chi connectivity index (χ1v) is 5.95. The summed E-state index contributed by atoms with van der Waals surface area (Å²) in [4.78, 5) is 12.0. The van der Waals surface area contributed by atoms with Crippen LogP contribution in [0.2, 0.25) is 0 Å². The summed E-state index contributed by atoms with van der Waals surface area (Å²) in [6.45, 7) is 5.35. The molecule has 0 unspecified atom stereocenters. The van der Waals surface area contributed by atoms with Gasteiger partial charge in [0.25, 0.3) is 5.91 Å². The minimum absolute atomic E-state index is 0.264. The molecular weight excluding hydrogens is 247 g/mol. The average molecular weight is 262 g/mol. The second-order valence-electron chi connectivity index (χ2n) is 4.47. The van der Waals surface area contributed by atoms with Crippen molar-refractivity contribution in [2.75, 3.05) is 0 Å². The molecule has 0 saturated carbocycles. The van der Waals surface area contributed by atoms with Crippen molar-refractivity contribution in [1.29, 1.82) is 0 Å². The van der Waals surface area contributed by atoms with Gasteiger partial charge in [-0.3, -0.25) is 4.79 Å². The number of hydrogen-bond acceptors (Lipinski definition) is 3. The number of aryl methyl sites for hydroxylation is 3. The van der Waals surface area contributed by atoms with E-state index in [1.54, 1.807) is 32.9 Å². The smallest absolute Gasteiger partial charge is 0.257 e. The van der Waals surface area contributed by atoms with E-state index in [0.29, 0.717) is 28.1 Å². The Morgan fingerprint density at radius 2 is 2.11 bits per heavy atom. The molecule has 2 rings (SSSR count). The molecule has 1 heterocycles. The zero-order valence-electron chi connectivity index (χ0n) is 11.1. The third-order valence-corrected chi connectivity index (χ3v) is 2.95. The van der Waals surface area contributed by atoms with Crippen molar-refractivity contribution in [2.24, 2.45) is 0 Å². The van der Waals surface area contributed by atoms with Crippen LogP contribution in [0.5, 0.6) is 0 Å². The van der Waals surface area contributed by atoms with Crippen molar-refractivity contribution in [3.8, 4) is 0 Å². The van der Waals surface area contributed by atoms with E-state index >= 15 is 0 Å². The first-order valence-electron chi connectivity index (χ1n) is 5.95. The molecule has 5 heteroatoms. The van der Waals surface area contributed by atoms with E-state index in [-0.39, 0.29) is 18.3 Å². The number of nitrogens with zero attached hydrogens (tertiary/aromatic N) is 1. The van der Waals surface area contributed by atoms with Gasteiger partial charge in [0.05, 0.1) is 5.69 Å². The Kier molecular flexibility index (Phi) is 3.64. The number of benzene rings is 1. The van der Waals surface area contributed by atoms with Crippen LogP contribution in [0.15, 0.2) is 22.7 Å². The first kappa shape index (κ1) is 13.3. The van der Waals surface area contributed by atoms with Crippen LogP contribution in [0, 0.1) is 26.6 Å². The van der Waals surface area contributed by atoms with Gasteiger partial charge in [0.15, 0.2) is 0 Å². The van der Waals surface area contributed by atoms with Gasteiger partial charge in [-0.15, -0.1) is 0 Å². The minimum atomic E-state index is -0.274. The molecule has 19 heavy (non-hydrogen) atoms. The van der Waals surface area contributed by atoms with Crippen LogP contribution in [-0.2, 0) is 6.54 Å². The van der Waals surface area contributed by atoms with Gasteiger partial charge < -0.3 is 9.84 Å². The van der Waals surface area contributed by atoms with E-state index in [4.69, 9.17) is 4.52 Å². The van der Waals surface area contributed by atoms with E-state index < -0.39 is 0 Å². The van der Waals surface area contributed by atoms with E-state index in [1.165, 1.54) is 6.07 Å². The van der Waals surface area contributed by atoms with Crippen LogP contribution in [-0.4, -0.2) is 11.1 Å². The van der Waals surface area contributed by atoms with Crippen LogP contribution in [0.3, 0.4) is 0 Å².